The summed E-state index contributed by atoms with van der Waals surface area (Å²) in [4.78, 5) is 31.1. The second-order valence-electron chi connectivity index (χ2n) is 10.4. The lowest BCUT2D eigenvalue weighted by atomic mass is 9.92. The zero-order valence-electron chi connectivity index (χ0n) is 19.9. The van der Waals surface area contributed by atoms with E-state index in [1.54, 1.807) is 28.9 Å². The molecule has 182 valence electrons. The van der Waals surface area contributed by atoms with Gasteiger partial charge in [-0.3, -0.25) is 14.3 Å². The number of oxazole rings is 1. The summed E-state index contributed by atoms with van der Waals surface area (Å²) in [5, 5.41) is 20.2. The number of para-hydroxylation sites is 1. The van der Waals surface area contributed by atoms with Crippen LogP contribution in [0.15, 0.2) is 28.7 Å². The first-order valence-corrected chi connectivity index (χ1v) is 12.1. The van der Waals surface area contributed by atoms with E-state index in [-0.39, 0.29) is 23.8 Å². The van der Waals surface area contributed by atoms with Gasteiger partial charge in [0.1, 0.15) is 22.8 Å². The molecular weight excluding hydrogens is 468 g/mol. The molecule has 0 radical (unpaired) electrons. The lowest BCUT2D eigenvalue weighted by Crippen LogP contribution is -2.51. The molecule has 3 aromatic rings. The van der Waals surface area contributed by atoms with Crippen molar-refractivity contribution in [2.75, 3.05) is 0 Å². The number of carbonyl (C=O) groups excluding carboxylic acids is 2. The fraction of sp³-hybridized carbons (Fsp3) is 0.480. The Hall–Kier alpha value is -3.38. The molecule has 35 heavy (non-hydrogen) atoms. The molecular formula is C25H27ClN6O3. The van der Waals surface area contributed by atoms with E-state index in [4.69, 9.17) is 16.0 Å². The van der Waals surface area contributed by atoms with E-state index in [1.807, 2.05) is 20.8 Å². The molecule has 0 bridgehead atoms. The normalized spacial score (nSPS) is 17.6. The Bertz CT molecular complexity index is 1350. The predicted molar refractivity (Wildman–Crippen MR) is 129 cm³/mol. The average Bonchev–Trinajstić information content (AvgIpc) is 3.70. The third kappa shape index (κ3) is 4.76. The van der Waals surface area contributed by atoms with E-state index in [9.17, 15) is 14.9 Å². The van der Waals surface area contributed by atoms with Crippen LogP contribution in [0.1, 0.15) is 74.6 Å². The number of hydrogen-bond acceptors (Lipinski definition) is 6. The third-order valence-corrected chi connectivity index (χ3v) is 6.67. The number of rotatable bonds is 7. The number of benzene rings is 1. The SMILES string of the molecule is CC(C)(C)c1cc(C(=O)NC(Cc2nc3cccc(Cl)c3o2)C(=O)NC2(C#N)CC2)n(C2CC2)n1. The van der Waals surface area contributed by atoms with Gasteiger partial charge < -0.3 is 15.1 Å². The van der Waals surface area contributed by atoms with Gasteiger partial charge >= 0.3 is 0 Å². The molecule has 2 aliphatic rings. The second-order valence-corrected chi connectivity index (χ2v) is 10.9. The molecule has 9 nitrogen and oxygen atoms in total. The van der Waals surface area contributed by atoms with Crippen molar-refractivity contribution in [1.82, 2.24) is 25.4 Å². The molecule has 2 amide bonds. The van der Waals surface area contributed by atoms with Gasteiger partial charge in [0.15, 0.2) is 11.5 Å². The standard InChI is InChI=1S/C25H27ClN6O3/c1-24(2,3)19-12-18(32(31-19)14-7-8-14)23(34)29-17(22(33)30-25(13-27)9-10-25)11-20-28-16-6-4-5-15(26)21(16)35-20/h4-6,12,14,17H,7-11H2,1-3H3,(H,29,34)(H,30,33). The molecule has 0 saturated heterocycles. The highest BCUT2D eigenvalue weighted by molar-refractivity contribution is 6.34. The van der Waals surface area contributed by atoms with Gasteiger partial charge in [-0.25, -0.2) is 4.98 Å². The lowest BCUT2D eigenvalue weighted by Gasteiger charge is -2.19. The number of carbonyl (C=O) groups is 2. The van der Waals surface area contributed by atoms with Gasteiger partial charge in [0.2, 0.25) is 5.91 Å². The molecule has 1 unspecified atom stereocenters. The highest BCUT2D eigenvalue weighted by Crippen LogP contribution is 2.37. The Morgan fingerprint density at radius 1 is 1.34 bits per heavy atom. The lowest BCUT2D eigenvalue weighted by molar-refractivity contribution is -0.123. The van der Waals surface area contributed by atoms with Crippen molar-refractivity contribution in [2.45, 2.75) is 75.9 Å². The number of halogens is 1. The van der Waals surface area contributed by atoms with Crippen molar-refractivity contribution in [3.63, 3.8) is 0 Å². The van der Waals surface area contributed by atoms with Crippen LogP contribution in [0.5, 0.6) is 0 Å². The number of hydrogen-bond donors (Lipinski definition) is 2. The molecule has 0 spiro atoms. The van der Waals surface area contributed by atoms with E-state index in [2.05, 4.69) is 26.8 Å². The maximum absolute atomic E-state index is 13.4. The first-order chi connectivity index (χ1) is 16.6. The van der Waals surface area contributed by atoms with Crippen molar-refractivity contribution in [3.05, 3.63) is 46.6 Å². The van der Waals surface area contributed by atoms with Gasteiger partial charge in [-0.15, -0.1) is 0 Å². The smallest absolute Gasteiger partial charge is 0.270 e. The van der Waals surface area contributed by atoms with Gasteiger partial charge in [0.25, 0.3) is 5.91 Å². The van der Waals surface area contributed by atoms with Crippen LogP contribution in [0.4, 0.5) is 0 Å². The third-order valence-electron chi connectivity index (χ3n) is 6.37. The molecule has 2 saturated carbocycles. The fourth-order valence-electron chi connectivity index (χ4n) is 3.91. The highest BCUT2D eigenvalue weighted by Gasteiger charge is 2.46. The number of nitrogens with zero attached hydrogens (tertiary/aromatic N) is 4. The van der Waals surface area contributed by atoms with E-state index < -0.39 is 23.4 Å². The summed E-state index contributed by atoms with van der Waals surface area (Å²) in [6.07, 6.45) is 3.09. The van der Waals surface area contributed by atoms with Crippen molar-refractivity contribution in [2.24, 2.45) is 0 Å². The number of nitrogens with one attached hydrogen (secondary N) is 2. The summed E-state index contributed by atoms with van der Waals surface area (Å²) in [5.74, 6) is -0.600. The van der Waals surface area contributed by atoms with Gasteiger partial charge in [-0.1, -0.05) is 38.4 Å². The maximum Gasteiger partial charge on any atom is 0.270 e. The summed E-state index contributed by atoms with van der Waals surface area (Å²) in [6.45, 7) is 6.12. The molecule has 1 atom stereocenters. The topological polar surface area (TPSA) is 126 Å². The predicted octanol–water partition coefficient (Wildman–Crippen LogP) is 3.82. The monoisotopic (exact) mass is 494 g/mol. The molecule has 1 aromatic carbocycles. The van der Waals surface area contributed by atoms with Crippen LogP contribution < -0.4 is 10.6 Å². The van der Waals surface area contributed by atoms with Crippen LogP contribution in [-0.2, 0) is 16.6 Å². The van der Waals surface area contributed by atoms with Crippen molar-refractivity contribution in [1.29, 1.82) is 5.26 Å². The highest BCUT2D eigenvalue weighted by atomic mass is 35.5. The van der Waals surface area contributed by atoms with E-state index in [0.29, 0.717) is 34.7 Å². The quantitative estimate of drug-likeness (QED) is 0.514. The summed E-state index contributed by atoms with van der Waals surface area (Å²) in [6, 6.07) is 8.35. The number of nitriles is 1. The minimum absolute atomic E-state index is 0.00772. The molecule has 2 fully saturated rings. The molecule has 2 heterocycles. The second kappa shape index (κ2) is 8.38. The Morgan fingerprint density at radius 2 is 2.09 bits per heavy atom. The van der Waals surface area contributed by atoms with E-state index in [1.165, 1.54) is 0 Å². The van der Waals surface area contributed by atoms with Gasteiger partial charge in [-0.2, -0.15) is 10.4 Å². The molecule has 2 aliphatic carbocycles. The van der Waals surface area contributed by atoms with Crippen molar-refractivity contribution < 1.29 is 14.0 Å². The maximum atomic E-state index is 13.4. The molecule has 10 heteroatoms. The van der Waals surface area contributed by atoms with Crippen LogP contribution in [0.3, 0.4) is 0 Å². The molecule has 5 rings (SSSR count). The first kappa shape index (κ1) is 23.4. The minimum Gasteiger partial charge on any atom is -0.439 e. The first-order valence-electron chi connectivity index (χ1n) is 11.8. The van der Waals surface area contributed by atoms with Gasteiger partial charge in [-0.05, 0) is 43.9 Å². The molecule has 0 aliphatic heterocycles. The molecule has 2 N–H and O–H groups in total. The van der Waals surface area contributed by atoms with Crippen molar-refractivity contribution >= 4 is 34.5 Å². The van der Waals surface area contributed by atoms with E-state index >= 15 is 0 Å². The van der Waals surface area contributed by atoms with Gasteiger partial charge in [0, 0.05) is 5.41 Å². The number of amides is 2. The summed E-state index contributed by atoms with van der Waals surface area (Å²) >= 11 is 6.21. The van der Waals surface area contributed by atoms with Crippen LogP contribution in [-0.4, -0.2) is 38.2 Å². The zero-order chi connectivity index (χ0) is 25.0. The summed E-state index contributed by atoms with van der Waals surface area (Å²) in [5.41, 5.74) is 1.11. The Kier molecular flexibility index (Phi) is 5.59. The number of aromatic nitrogens is 3. The van der Waals surface area contributed by atoms with Gasteiger partial charge in [0.05, 0.1) is 29.2 Å². The fourth-order valence-corrected chi connectivity index (χ4v) is 4.11. The van der Waals surface area contributed by atoms with Crippen LogP contribution in [0.25, 0.3) is 11.1 Å². The number of fused-ring (bicyclic) bond motifs is 1. The largest absolute Gasteiger partial charge is 0.439 e. The summed E-state index contributed by atoms with van der Waals surface area (Å²) < 4.78 is 7.57. The Morgan fingerprint density at radius 3 is 2.69 bits per heavy atom. The average molecular weight is 495 g/mol. The van der Waals surface area contributed by atoms with Crippen molar-refractivity contribution in [3.8, 4) is 6.07 Å². The van der Waals surface area contributed by atoms with Crippen LogP contribution in [0, 0.1) is 11.3 Å². The van der Waals surface area contributed by atoms with E-state index in [0.717, 1.165) is 18.5 Å². The zero-order valence-corrected chi connectivity index (χ0v) is 20.6. The van der Waals surface area contributed by atoms with Crippen LogP contribution >= 0.6 is 11.6 Å². The molecule has 2 aromatic heterocycles. The minimum atomic E-state index is -0.999. The van der Waals surface area contributed by atoms with Crippen LogP contribution in [0.2, 0.25) is 5.02 Å². The Labute approximate surface area is 207 Å². The Balaban J connectivity index is 1.43. The summed E-state index contributed by atoms with van der Waals surface area (Å²) in [7, 11) is 0.